The second kappa shape index (κ2) is 3.91. The van der Waals surface area contributed by atoms with Crippen LogP contribution in [0.1, 0.15) is 16.2 Å². The highest BCUT2D eigenvalue weighted by Gasteiger charge is 2.08. The van der Waals surface area contributed by atoms with E-state index in [1.54, 1.807) is 41.2 Å². The van der Waals surface area contributed by atoms with E-state index in [1.807, 2.05) is 0 Å². The van der Waals surface area contributed by atoms with Crippen molar-refractivity contribution in [3.8, 4) is 0 Å². The van der Waals surface area contributed by atoms with Crippen LogP contribution in [0.5, 0.6) is 0 Å². The van der Waals surface area contributed by atoms with Crippen LogP contribution in [0.4, 0.5) is 0 Å². The van der Waals surface area contributed by atoms with Gasteiger partial charge in [-0.3, -0.25) is 0 Å². The zero-order chi connectivity index (χ0) is 10.7. The number of aromatic carboxylic acids is 1. The van der Waals surface area contributed by atoms with Crippen LogP contribution in [0.15, 0.2) is 36.7 Å². The molecular formula is C10H9N3O2. The Labute approximate surface area is 86.0 Å². The molecule has 0 atom stereocenters. The highest BCUT2D eigenvalue weighted by Crippen LogP contribution is 2.05. The predicted molar refractivity (Wildman–Crippen MR) is 52.5 cm³/mol. The lowest BCUT2D eigenvalue weighted by atomic mass is 10.3. The maximum Gasteiger partial charge on any atom is 0.352 e. The summed E-state index contributed by atoms with van der Waals surface area (Å²) in [6, 6.07) is 6.82. The van der Waals surface area contributed by atoms with Gasteiger partial charge in [-0.05, 0) is 24.3 Å². The van der Waals surface area contributed by atoms with Crippen LogP contribution in [-0.2, 0) is 6.54 Å². The fourth-order valence-electron chi connectivity index (χ4n) is 1.34. The molecule has 0 aromatic carbocycles. The Kier molecular flexibility index (Phi) is 2.45. The Morgan fingerprint density at radius 1 is 1.40 bits per heavy atom. The minimum absolute atomic E-state index is 0.251. The van der Waals surface area contributed by atoms with E-state index in [0.29, 0.717) is 6.54 Å². The van der Waals surface area contributed by atoms with Crippen molar-refractivity contribution >= 4 is 5.97 Å². The van der Waals surface area contributed by atoms with Crippen molar-refractivity contribution in [3.63, 3.8) is 0 Å². The molecule has 0 aliphatic heterocycles. The maximum absolute atomic E-state index is 10.8. The van der Waals surface area contributed by atoms with Crippen molar-refractivity contribution in [1.29, 1.82) is 0 Å². The Morgan fingerprint density at radius 3 is 2.93 bits per heavy atom. The molecule has 0 spiro atoms. The minimum Gasteiger partial charge on any atom is -0.477 e. The molecule has 0 unspecified atom stereocenters. The molecule has 1 N–H and O–H groups in total. The lowest BCUT2D eigenvalue weighted by Gasteiger charge is -2.04. The van der Waals surface area contributed by atoms with E-state index < -0.39 is 5.97 Å². The van der Waals surface area contributed by atoms with Crippen LogP contribution < -0.4 is 0 Å². The van der Waals surface area contributed by atoms with Gasteiger partial charge in [0.15, 0.2) is 0 Å². The van der Waals surface area contributed by atoms with Gasteiger partial charge in [0.1, 0.15) is 5.69 Å². The van der Waals surface area contributed by atoms with Crippen LogP contribution in [0, 0.1) is 0 Å². The standard InChI is InChI=1S/C10H9N3O2/c14-10(15)9-4-2-6-13(9)7-8-3-1-5-11-12-8/h1-6H,7H2,(H,14,15). The Bertz CT molecular complexity index is 465. The number of rotatable bonds is 3. The molecule has 0 fully saturated rings. The van der Waals surface area contributed by atoms with E-state index >= 15 is 0 Å². The zero-order valence-electron chi connectivity index (χ0n) is 7.87. The summed E-state index contributed by atoms with van der Waals surface area (Å²) in [5.74, 6) is -0.941. The number of carboxylic acids is 1. The van der Waals surface area contributed by atoms with E-state index in [9.17, 15) is 4.79 Å². The van der Waals surface area contributed by atoms with E-state index in [-0.39, 0.29) is 5.69 Å². The van der Waals surface area contributed by atoms with Gasteiger partial charge in [-0.1, -0.05) is 0 Å². The van der Waals surface area contributed by atoms with Gasteiger partial charge in [0, 0.05) is 12.4 Å². The van der Waals surface area contributed by atoms with Crippen molar-refractivity contribution in [2.45, 2.75) is 6.54 Å². The van der Waals surface area contributed by atoms with Gasteiger partial charge >= 0.3 is 5.97 Å². The SMILES string of the molecule is O=C(O)c1cccn1Cc1cccnn1. The van der Waals surface area contributed by atoms with Crippen LogP contribution in [-0.4, -0.2) is 25.8 Å². The van der Waals surface area contributed by atoms with Crippen molar-refractivity contribution in [2.75, 3.05) is 0 Å². The highest BCUT2D eigenvalue weighted by atomic mass is 16.4. The second-order valence-electron chi connectivity index (χ2n) is 3.04. The maximum atomic E-state index is 10.8. The Morgan fingerprint density at radius 2 is 2.27 bits per heavy atom. The topological polar surface area (TPSA) is 68.0 Å². The first-order valence-electron chi connectivity index (χ1n) is 4.42. The summed E-state index contributed by atoms with van der Waals surface area (Å²) in [4.78, 5) is 10.8. The summed E-state index contributed by atoms with van der Waals surface area (Å²) < 4.78 is 1.62. The van der Waals surface area contributed by atoms with Crippen molar-refractivity contribution in [1.82, 2.24) is 14.8 Å². The number of nitrogens with zero attached hydrogens (tertiary/aromatic N) is 3. The molecule has 15 heavy (non-hydrogen) atoms. The first-order valence-corrected chi connectivity index (χ1v) is 4.42. The first-order chi connectivity index (χ1) is 7.27. The smallest absolute Gasteiger partial charge is 0.352 e. The number of aromatic nitrogens is 3. The van der Waals surface area contributed by atoms with Gasteiger partial charge < -0.3 is 9.67 Å². The van der Waals surface area contributed by atoms with Crippen LogP contribution in [0.2, 0.25) is 0 Å². The summed E-state index contributed by atoms with van der Waals surface area (Å²) >= 11 is 0. The predicted octanol–water partition coefficient (Wildman–Crippen LogP) is 1.02. The molecule has 2 rings (SSSR count). The minimum atomic E-state index is -0.941. The van der Waals surface area contributed by atoms with Gasteiger partial charge in [-0.15, -0.1) is 0 Å². The summed E-state index contributed by atoms with van der Waals surface area (Å²) in [7, 11) is 0. The lowest BCUT2D eigenvalue weighted by Crippen LogP contribution is -2.09. The molecule has 2 heterocycles. The zero-order valence-corrected chi connectivity index (χ0v) is 7.87. The van der Waals surface area contributed by atoms with Gasteiger partial charge in [-0.25, -0.2) is 4.79 Å². The van der Waals surface area contributed by atoms with Gasteiger partial charge in [0.25, 0.3) is 0 Å². The summed E-state index contributed by atoms with van der Waals surface area (Å²) in [5.41, 5.74) is 0.983. The van der Waals surface area contributed by atoms with Crippen molar-refractivity contribution < 1.29 is 9.90 Å². The van der Waals surface area contributed by atoms with Crippen molar-refractivity contribution in [2.24, 2.45) is 0 Å². The Hall–Kier alpha value is -2.17. The molecule has 0 aliphatic carbocycles. The molecule has 0 bridgehead atoms. The average molecular weight is 203 g/mol. The van der Waals surface area contributed by atoms with E-state index in [4.69, 9.17) is 5.11 Å². The molecule has 0 radical (unpaired) electrons. The summed E-state index contributed by atoms with van der Waals surface area (Å²) in [5, 5.41) is 16.5. The third-order valence-corrected chi connectivity index (χ3v) is 2.01. The molecule has 2 aromatic heterocycles. The molecule has 0 amide bonds. The lowest BCUT2D eigenvalue weighted by molar-refractivity contribution is 0.0685. The first kappa shape index (κ1) is 9.39. The molecule has 0 aliphatic rings. The van der Waals surface area contributed by atoms with E-state index in [1.165, 1.54) is 0 Å². The normalized spacial score (nSPS) is 10.1. The molecule has 0 saturated carbocycles. The molecule has 2 aromatic rings. The Balaban J connectivity index is 2.25. The summed E-state index contributed by atoms with van der Waals surface area (Å²) in [6.07, 6.45) is 3.29. The molecule has 0 saturated heterocycles. The largest absolute Gasteiger partial charge is 0.477 e. The molecule has 5 nitrogen and oxygen atoms in total. The average Bonchev–Trinajstić information content (AvgIpc) is 2.67. The van der Waals surface area contributed by atoms with Crippen LogP contribution in [0.25, 0.3) is 0 Å². The van der Waals surface area contributed by atoms with Crippen molar-refractivity contribution in [3.05, 3.63) is 48.0 Å². The quantitative estimate of drug-likeness (QED) is 0.808. The summed E-state index contributed by atoms with van der Waals surface area (Å²) in [6.45, 7) is 0.419. The molecule has 5 heteroatoms. The number of carbonyl (C=O) groups is 1. The molecular weight excluding hydrogens is 194 g/mol. The van der Waals surface area contributed by atoms with Crippen LogP contribution in [0.3, 0.4) is 0 Å². The second-order valence-corrected chi connectivity index (χ2v) is 3.04. The number of hydrogen-bond donors (Lipinski definition) is 1. The van der Waals surface area contributed by atoms with Gasteiger partial charge in [-0.2, -0.15) is 10.2 Å². The fraction of sp³-hybridized carbons (Fsp3) is 0.100. The number of hydrogen-bond acceptors (Lipinski definition) is 3. The van der Waals surface area contributed by atoms with Gasteiger partial charge in [0.05, 0.1) is 12.2 Å². The monoisotopic (exact) mass is 203 g/mol. The van der Waals surface area contributed by atoms with E-state index in [0.717, 1.165) is 5.69 Å². The number of carboxylic acid groups (broad SMARTS) is 1. The highest BCUT2D eigenvalue weighted by molar-refractivity contribution is 5.85. The third kappa shape index (κ3) is 2.01. The molecule has 76 valence electrons. The van der Waals surface area contributed by atoms with Gasteiger partial charge in [0.2, 0.25) is 0 Å². The van der Waals surface area contributed by atoms with Crippen LogP contribution >= 0.6 is 0 Å². The van der Waals surface area contributed by atoms with E-state index in [2.05, 4.69) is 10.2 Å². The fourth-order valence-corrected chi connectivity index (χ4v) is 1.34. The third-order valence-electron chi connectivity index (χ3n) is 2.01.